The van der Waals surface area contributed by atoms with Crippen molar-refractivity contribution in [1.82, 2.24) is 0 Å². The molecule has 3 fully saturated rings. The van der Waals surface area contributed by atoms with Crippen LogP contribution in [0.15, 0.2) is 36.4 Å². The van der Waals surface area contributed by atoms with Crippen molar-refractivity contribution < 1.29 is 59.1 Å². The van der Waals surface area contributed by atoms with Gasteiger partial charge in [0.1, 0.15) is 24.4 Å². The van der Waals surface area contributed by atoms with E-state index in [1.807, 2.05) is 0 Å². The van der Waals surface area contributed by atoms with E-state index in [1.54, 1.807) is 24.3 Å². The maximum Gasteiger partial charge on any atom is 0.189 e. The molecule has 12 heteroatoms. The molecule has 0 bridgehead atoms. The first-order valence-corrected chi connectivity index (χ1v) is 12.2. The molecule has 0 unspecified atom stereocenters. The quantitative estimate of drug-likeness (QED) is 0.286. The summed E-state index contributed by atoms with van der Waals surface area (Å²) in [6.07, 6.45) is -9.46. The Bertz CT molecular complexity index is 1070. The van der Waals surface area contributed by atoms with Crippen molar-refractivity contribution in [3.63, 3.8) is 0 Å². The van der Waals surface area contributed by atoms with E-state index in [0.29, 0.717) is 11.1 Å². The first kappa shape index (κ1) is 26.9. The van der Waals surface area contributed by atoms with Crippen LogP contribution < -0.4 is 9.47 Å². The van der Waals surface area contributed by atoms with E-state index < -0.39 is 61.7 Å². The predicted octanol–water partition coefficient (Wildman–Crippen LogP) is 0.333. The van der Waals surface area contributed by atoms with Gasteiger partial charge in [0, 0.05) is 11.8 Å². The highest BCUT2D eigenvalue weighted by atomic mass is 16.8. The maximum absolute atomic E-state index is 10.6. The largest absolute Gasteiger partial charge is 0.504 e. The number of aliphatic hydroxyl groups excluding tert-OH is 4. The van der Waals surface area contributed by atoms with Gasteiger partial charge in [-0.3, -0.25) is 0 Å². The molecule has 0 radical (unpaired) electrons. The summed E-state index contributed by atoms with van der Waals surface area (Å²) in [4.78, 5) is 0. The predicted molar refractivity (Wildman–Crippen MR) is 127 cm³/mol. The standard InChI is InChI=1S/C26H32O12/c1-33-16-7-11(3-5-14(16)28)23-13-10-35-24(12-4-6-15(29)17(8-12)34-2)19(13)25(37-23)38-26-22(32)21(31)20(30)18(9-27)36-26/h3-8,13,18-32H,9-10H2,1-2H3/t13-,18+,19-,20+,21-,22+,23+,24+,25+,26-/m0/s1. The number of benzene rings is 2. The molecule has 3 saturated heterocycles. The van der Waals surface area contributed by atoms with Gasteiger partial charge in [-0.1, -0.05) is 12.1 Å². The first-order chi connectivity index (χ1) is 18.3. The Morgan fingerprint density at radius 2 is 1.39 bits per heavy atom. The third kappa shape index (κ3) is 4.67. The van der Waals surface area contributed by atoms with Crippen LogP contribution in [-0.4, -0.2) is 95.1 Å². The van der Waals surface area contributed by atoms with Crippen LogP contribution in [0.5, 0.6) is 23.0 Å². The Morgan fingerprint density at radius 3 is 1.97 bits per heavy atom. The molecule has 3 aliphatic heterocycles. The SMILES string of the molecule is COc1cc([C@H]2O[C@H](O[C@@H]3O[C@H](CO)[C@@H](O)[C@H](O)[C@H]3O)[C@H]3[C@@H]2CO[C@@H]3c2ccc(O)c(OC)c2)ccc1O. The van der Waals surface area contributed by atoms with Crippen LogP contribution in [0.4, 0.5) is 0 Å². The summed E-state index contributed by atoms with van der Waals surface area (Å²) in [6, 6.07) is 9.71. The lowest BCUT2D eigenvalue weighted by molar-refractivity contribution is -0.341. The van der Waals surface area contributed by atoms with Crippen LogP contribution in [0.1, 0.15) is 23.3 Å². The molecule has 0 aliphatic carbocycles. The van der Waals surface area contributed by atoms with Gasteiger partial charge in [0.25, 0.3) is 0 Å². The van der Waals surface area contributed by atoms with Crippen molar-refractivity contribution in [2.75, 3.05) is 27.4 Å². The van der Waals surface area contributed by atoms with Gasteiger partial charge in [-0.05, 0) is 35.4 Å². The van der Waals surface area contributed by atoms with Crippen molar-refractivity contribution >= 4 is 0 Å². The van der Waals surface area contributed by atoms with Crippen LogP contribution in [0.2, 0.25) is 0 Å². The Kier molecular flexibility index (Phi) is 7.67. The Labute approximate surface area is 218 Å². The van der Waals surface area contributed by atoms with Crippen LogP contribution in [0.3, 0.4) is 0 Å². The number of hydrogen-bond donors (Lipinski definition) is 6. The third-order valence-corrected chi connectivity index (χ3v) is 7.48. The fourth-order valence-corrected chi connectivity index (χ4v) is 5.45. The zero-order chi connectivity index (χ0) is 27.1. The molecule has 6 N–H and O–H groups in total. The average Bonchev–Trinajstić information content (AvgIpc) is 3.51. The summed E-state index contributed by atoms with van der Waals surface area (Å²) in [6.45, 7) is -0.321. The fraction of sp³-hybridized carbons (Fsp3) is 0.538. The van der Waals surface area contributed by atoms with E-state index in [4.69, 9.17) is 28.4 Å². The van der Waals surface area contributed by atoms with E-state index in [1.165, 1.54) is 26.4 Å². The molecule has 10 atom stereocenters. The fourth-order valence-electron chi connectivity index (χ4n) is 5.45. The summed E-state index contributed by atoms with van der Waals surface area (Å²) >= 11 is 0. The number of aromatic hydroxyl groups is 2. The Hall–Kier alpha value is -2.68. The van der Waals surface area contributed by atoms with Gasteiger partial charge in [-0.25, -0.2) is 0 Å². The van der Waals surface area contributed by atoms with Gasteiger partial charge in [-0.2, -0.15) is 0 Å². The number of phenols is 2. The molecule has 2 aromatic rings. The lowest BCUT2D eigenvalue weighted by Gasteiger charge is -2.41. The molecular formula is C26H32O12. The minimum atomic E-state index is -1.61. The summed E-state index contributed by atoms with van der Waals surface area (Å²) < 4.78 is 34.7. The maximum atomic E-state index is 10.6. The Morgan fingerprint density at radius 1 is 0.789 bits per heavy atom. The van der Waals surface area contributed by atoms with Crippen LogP contribution >= 0.6 is 0 Å². The minimum absolute atomic E-state index is 0.0309. The van der Waals surface area contributed by atoms with E-state index >= 15 is 0 Å². The molecule has 208 valence electrons. The van der Waals surface area contributed by atoms with Gasteiger partial charge in [-0.15, -0.1) is 0 Å². The second-order valence-electron chi connectivity index (χ2n) is 9.62. The molecule has 3 heterocycles. The second kappa shape index (κ2) is 10.8. The molecule has 0 aromatic heterocycles. The zero-order valence-corrected chi connectivity index (χ0v) is 20.8. The van der Waals surface area contributed by atoms with Crippen molar-refractivity contribution in [2.24, 2.45) is 11.8 Å². The number of ether oxygens (including phenoxy) is 6. The summed E-state index contributed by atoms with van der Waals surface area (Å²) in [5.74, 6) is -0.224. The first-order valence-electron chi connectivity index (χ1n) is 12.2. The third-order valence-electron chi connectivity index (χ3n) is 7.48. The molecule has 0 spiro atoms. The molecular weight excluding hydrogens is 504 g/mol. The Balaban J connectivity index is 1.48. The van der Waals surface area contributed by atoms with E-state index in [9.17, 15) is 30.6 Å². The number of aliphatic hydroxyl groups is 4. The van der Waals surface area contributed by atoms with Gasteiger partial charge < -0.3 is 59.1 Å². The van der Waals surface area contributed by atoms with Gasteiger partial charge in [0.2, 0.25) is 0 Å². The van der Waals surface area contributed by atoms with E-state index in [0.717, 1.165) is 0 Å². The monoisotopic (exact) mass is 536 g/mol. The zero-order valence-electron chi connectivity index (χ0n) is 20.8. The van der Waals surface area contributed by atoms with Gasteiger partial charge in [0.15, 0.2) is 35.6 Å². The molecule has 38 heavy (non-hydrogen) atoms. The van der Waals surface area contributed by atoms with Crippen LogP contribution in [0, 0.1) is 11.8 Å². The molecule has 12 nitrogen and oxygen atoms in total. The topological polar surface area (TPSA) is 177 Å². The molecule has 0 amide bonds. The number of methoxy groups -OCH3 is 2. The molecule has 0 saturated carbocycles. The second-order valence-corrected chi connectivity index (χ2v) is 9.62. The minimum Gasteiger partial charge on any atom is -0.504 e. The van der Waals surface area contributed by atoms with Gasteiger partial charge >= 0.3 is 0 Å². The highest BCUT2D eigenvalue weighted by Crippen LogP contribution is 2.55. The van der Waals surface area contributed by atoms with Crippen LogP contribution in [-0.2, 0) is 18.9 Å². The van der Waals surface area contributed by atoms with Crippen molar-refractivity contribution in [2.45, 2.75) is 49.2 Å². The number of fused-ring (bicyclic) bond motifs is 1. The molecule has 2 aromatic carbocycles. The highest BCUT2D eigenvalue weighted by molar-refractivity contribution is 5.44. The van der Waals surface area contributed by atoms with Crippen molar-refractivity contribution in [1.29, 1.82) is 0 Å². The lowest BCUT2D eigenvalue weighted by atomic mass is 9.84. The number of phenolic OH excluding ortho intramolecular Hbond substituents is 2. The smallest absolute Gasteiger partial charge is 0.189 e. The van der Waals surface area contributed by atoms with E-state index in [-0.39, 0.29) is 35.5 Å². The van der Waals surface area contributed by atoms with E-state index in [2.05, 4.69) is 0 Å². The highest BCUT2D eigenvalue weighted by Gasteiger charge is 2.56. The van der Waals surface area contributed by atoms with Crippen LogP contribution in [0.25, 0.3) is 0 Å². The summed E-state index contributed by atoms with van der Waals surface area (Å²) in [5.41, 5.74) is 1.39. The molecule has 5 rings (SSSR count). The number of hydrogen-bond acceptors (Lipinski definition) is 12. The lowest BCUT2D eigenvalue weighted by Crippen LogP contribution is -2.60. The van der Waals surface area contributed by atoms with Gasteiger partial charge in [0.05, 0.1) is 39.6 Å². The summed E-state index contributed by atoms with van der Waals surface area (Å²) in [7, 11) is 2.88. The van der Waals surface area contributed by atoms with Crippen molar-refractivity contribution in [3.05, 3.63) is 47.5 Å². The van der Waals surface area contributed by atoms with Crippen molar-refractivity contribution in [3.8, 4) is 23.0 Å². The summed E-state index contributed by atoms with van der Waals surface area (Å²) in [5, 5.41) is 60.7. The average molecular weight is 537 g/mol. The number of rotatable bonds is 7. The molecule has 3 aliphatic rings. The normalized spacial score (nSPS) is 36.7.